The van der Waals surface area contributed by atoms with Crippen LogP contribution in [0.2, 0.25) is 0 Å². The van der Waals surface area contributed by atoms with Crippen LogP contribution in [0.1, 0.15) is 6.92 Å². The van der Waals surface area contributed by atoms with Crippen molar-refractivity contribution in [3.8, 4) is 0 Å². The van der Waals surface area contributed by atoms with Gasteiger partial charge in [0.15, 0.2) is 0 Å². The molecule has 3 aromatic rings. The Morgan fingerprint density at radius 3 is 2.84 bits per heavy atom. The number of aromatic nitrogens is 2. The summed E-state index contributed by atoms with van der Waals surface area (Å²) in [7, 11) is 0. The van der Waals surface area contributed by atoms with E-state index in [9.17, 15) is 0 Å². The zero-order valence-electron chi connectivity index (χ0n) is 10.5. The summed E-state index contributed by atoms with van der Waals surface area (Å²) < 4.78 is 1.24. The van der Waals surface area contributed by atoms with Gasteiger partial charge in [-0.15, -0.1) is 11.3 Å². The number of rotatable bonds is 4. The Hall–Kier alpha value is -1.59. The standard InChI is InChI=1S/C14H13N3S2/c1-2-15-14-16-11-7-4-3-6-10(11)13(17-14)19-12-8-5-9-18-12/h3-9H,2H2,1H3,(H,15,16,17). The Balaban J connectivity index is 2.09. The van der Waals surface area contributed by atoms with Crippen LogP contribution in [0.4, 0.5) is 5.95 Å². The molecule has 19 heavy (non-hydrogen) atoms. The molecule has 2 heterocycles. The topological polar surface area (TPSA) is 37.8 Å². The highest BCUT2D eigenvalue weighted by Gasteiger charge is 2.09. The summed E-state index contributed by atoms with van der Waals surface area (Å²) in [5.74, 6) is 0.695. The lowest BCUT2D eigenvalue weighted by Crippen LogP contribution is -2.03. The minimum Gasteiger partial charge on any atom is -0.354 e. The van der Waals surface area contributed by atoms with Gasteiger partial charge in [0.25, 0.3) is 0 Å². The van der Waals surface area contributed by atoms with Crippen molar-refractivity contribution in [2.45, 2.75) is 16.2 Å². The van der Waals surface area contributed by atoms with Gasteiger partial charge >= 0.3 is 0 Å². The zero-order valence-corrected chi connectivity index (χ0v) is 12.1. The summed E-state index contributed by atoms with van der Waals surface area (Å²) in [6.07, 6.45) is 0. The third kappa shape index (κ3) is 2.72. The molecule has 1 N–H and O–H groups in total. The zero-order chi connectivity index (χ0) is 13.1. The van der Waals surface area contributed by atoms with Crippen LogP contribution in [0.25, 0.3) is 10.9 Å². The maximum atomic E-state index is 4.61. The molecule has 0 aliphatic rings. The van der Waals surface area contributed by atoms with E-state index >= 15 is 0 Å². The lowest BCUT2D eigenvalue weighted by atomic mass is 10.2. The monoisotopic (exact) mass is 287 g/mol. The predicted molar refractivity (Wildman–Crippen MR) is 82.1 cm³/mol. The van der Waals surface area contributed by atoms with Gasteiger partial charge in [0.2, 0.25) is 5.95 Å². The average Bonchev–Trinajstić information content (AvgIpc) is 2.92. The van der Waals surface area contributed by atoms with Crippen LogP contribution < -0.4 is 5.32 Å². The first-order valence-corrected chi connectivity index (χ1v) is 7.78. The summed E-state index contributed by atoms with van der Waals surface area (Å²) >= 11 is 3.42. The third-order valence-electron chi connectivity index (χ3n) is 2.60. The fourth-order valence-electron chi connectivity index (χ4n) is 1.78. The molecule has 0 radical (unpaired) electrons. The second-order valence-electron chi connectivity index (χ2n) is 3.93. The summed E-state index contributed by atoms with van der Waals surface area (Å²) in [6.45, 7) is 2.87. The molecule has 0 atom stereocenters. The van der Waals surface area contributed by atoms with Gasteiger partial charge in [0.05, 0.1) is 9.73 Å². The van der Waals surface area contributed by atoms with E-state index in [0.29, 0.717) is 5.95 Å². The predicted octanol–water partition coefficient (Wildman–Crippen LogP) is 4.27. The normalized spacial score (nSPS) is 10.8. The van der Waals surface area contributed by atoms with E-state index in [1.54, 1.807) is 23.1 Å². The Kier molecular flexibility index (Phi) is 3.66. The largest absolute Gasteiger partial charge is 0.354 e. The molecule has 1 aromatic carbocycles. The van der Waals surface area contributed by atoms with Crippen molar-refractivity contribution in [1.29, 1.82) is 0 Å². The summed E-state index contributed by atoms with van der Waals surface area (Å²) in [5.41, 5.74) is 0.979. The first kappa shape index (κ1) is 12.4. The van der Waals surface area contributed by atoms with Gasteiger partial charge < -0.3 is 5.32 Å². The first-order valence-electron chi connectivity index (χ1n) is 6.09. The highest BCUT2D eigenvalue weighted by atomic mass is 32.2. The van der Waals surface area contributed by atoms with E-state index in [0.717, 1.165) is 22.5 Å². The van der Waals surface area contributed by atoms with E-state index in [1.165, 1.54) is 4.21 Å². The number of anilines is 1. The molecule has 5 heteroatoms. The molecule has 2 aromatic heterocycles. The molecular weight excluding hydrogens is 274 g/mol. The maximum absolute atomic E-state index is 4.61. The molecule has 3 nitrogen and oxygen atoms in total. The van der Waals surface area contributed by atoms with E-state index < -0.39 is 0 Å². The maximum Gasteiger partial charge on any atom is 0.224 e. The number of fused-ring (bicyclic) bond motifs is 1. The molecule has 0 saturated heterocycles. The SMILES string of the molecule is CCNc1nc(Sc2cccs2)c2ccccc2n1. The lowest BCUT2D eigenvalue weighted by Gasteiger charge is -2.07. The van der Waals surface area contributed by atoms with Crippen molar-refractivity contribution in [3.63, 3.8) is 0 Å². The highest BCUT2D eigenvalue weighted by molar-refractivity contribution is 8.01. The number of hydrogen-bond donors (Lipinski definition) is 1. The van der Waals surface area contributed by atoms with Crippen molar-refractivity contribution in [3.05, 3.63) is 41.8 Å². The fourth-order valence-corrected chi connectivity index (χ4v) is 3.58. The Morgan fingerprint density at radius 2 is 2.05 bits per heavy atom. The molecule has 0 aliphatic heterocycles. The number of nitrogens with one attached hydrogen (secondary N) is 1. The second kappa shape index (κ2) is 5.59. The van der Waals surface area contributed by atoms with Crippen LogP contribution in [0.15, 0.2) is 51.0 Å². The Labute approximate surface area is 120 Å². The minimum absolute atomic E-state index is 0.695. The molecule has 0 aliphatic carbocycles. The smallest absolute Gasteiger partial charge is 0.224 e. The van der Waals surface area contributed by atoms with Crippen molar-refractivity contribution >= 4 is 39.9 Å². The second-order valence-corrected chi connectivity index (χ2v) is 6.17. The van der Waals surface area contributed by atoms with E-state index in [4.69, 9.17) is 0 Å². The van der Waals surface area contributed by atoms with Crippen LogP contribution in [-0.2, 0) is 0 Å². The average molecular weight is 287 g/mol. The summed E-state index contributed by atoms with van der Waals surface area (Å²) in [4.78, 5) is 9.14. The number of thiophene rings is 1. The van der Waals surface area contributed by atoms with Crippen LogP contribution in [0.5, 0.6) is 0 Å². The Bertz CT molecular complexity index is 680. The molecule has 0 spiro atoms. The molecule has 0 unspecified atom stereocenters. The van der Waals surface area contributed by atoms with Crippen molar-refractivity contribution in [2.75, 3.05) is 11.9 Å². The van der Waals surface area contributed by atoms with Gasteiger partial charge in [0.1, 0.15) is 5.03 Å². The van der Waals surface area contributed by atoms with Crippen LogP contribution in [0, 0.1) is 0 Å². The van der Waals surface area contributed by atoms with Crippen molar-refractivity contribution in [1.82, 2.24) is 9.97 Å². The molecule has 0 bridgehead atoms. The third-order valence-corrected chi connectivity index (χ3v) is 4.64. The number of nitrogens with zero attached hydrogens (tertiary/aromatic N) is 2. The summed E-state index contributed by atoms with van der Waals surface area (Å²) in [6, 6.07) is 12.3. The van der Waals surface area contributed by atoms with Crippen molar-refractivity contribution < 1.29 is 0 Å². The van der Waals surface area contributed by atoms with E-state index in [-0.39, 0.29) is 0 Å². The molecular formula is C14H13N3S2. The van der Waals surface area contributed by atoms with Crippen LogP contribution in [-0.4, -0.2) is 16.5 Å². The molecule has 3 rings (SSSR count). The Morgan fingerprint density at radius 1 is 1.16 bits per heavy atom. The van der Waals surface area contributed by atoms with Crippen LogP contribution in [0.3, 0.4) is 0 Å². The van der Waals surface area contributed by atoms with Gasteiger partial charge in [-0.2, -0.15) is 0 Å². The fraction of sp³-hybridized carbons (Fsp3) is 0.143. The lowest BCUT2D eigenvalue weighted by molar-refractivity contribution is 1.05. The van der Waals surface area contributed by atoms with Gasteiger partial charge in [0, 0.05) is 11.9 Å². The van der Waals surface area contributed by atoms with Gasteiger partial charge in [-0.05, 0) is 24.4 Å². The quantitative estimate of drug-likeness (QED) is 0.727. The van der Waals surface area contributed by atoms with Crippen LogP contribution >= 0.6 is 23.1 Å². The summed E-state index contributed by atoms with van der Waals surface area (Å²) in [5, 5.41) is 7.37. The van der Waals surface area contributed by atoms with E-state index in [1.807, 2.05) is 25.1 Å². The van der Waals surface area contributed by atoms with Gasteiger partial charge in [-0.3, -0.25) is 0 Å². The highest BCUT2D eigenvalue weighted by Crippen LogP contribution is 2.34. The molecule has 96 valence electrons. The number of benzene rings is 1. The van der Waals surface area contributed by atoms with E-state index in [2.05, 4.69) is 38.9 Å². The van der Waals surface area contributed by atoms with Crippen molar-refractivity contribution in [2.24, 2.45) is 0 Å². The van der Waals surface area contributed by atoms with Gasteiger partial charge in [-0.25, -0.2) is 9.97 Å². The molecule has 0 amide bonds. The first-order chi connectivity index (χ1) is 9.36. The molecule has 0 fully saturated rings. The van der Waals surface area contributed by atoms with Gasteiger partial charge in [-0.1, -0.05) is 36.0 Å². The number of para-hydroxylation sites is 1. The minimum atomic E-state index is 0.695. The molecule has 0 saturated carbocycles. The number of hydrogen-bond acceptors (Lipinski definition) is 5.